The topological polar surface area (TPSA) is 12.5 Å². The van der Waals surface area contributed by atoms with Gasteiger partial charge in [-0.05, 0) is 104 Å². The Bertz CT molecular complexity index is 930. The van der Waals surface area contributed by atoms with Crippen molar-refractivity contribution in [2.45, 2.75) is 0 Å². The van der Waals surface area contributed by atoms with Crippen LogP contribution in [0.3, 0.4) is 0 Å². The first-order chi connectivity index (χ1) is 12.0. The quantitative estimate of drug-likeness (QED) is 0.150. The van der Waals surface area contributed by atoms with Gasteiger partial charge in [0.2, 0.25) is 0 Å². The molecule has 0 atom stereocenters. The van der Waals surface area contributed by atoms with Crippen molar-refractivity contribution in [3.63, 3.8) is 0 Å². The smallest absolute Gasteiger partial charge is 0.151 e. The van der Waals surface area contributed by atoms with Crippen LogP contribution in [0.1, 0.15) is 0 Å². The van der Waals surface area contributed by atoms with Gasteiger partial charge >= 0.3 is 0 Å². The van der Waals surface area contributed by atoms with Crippen molar-refractivity contribution in [1.82, 2.24) is 0 Å². The Balaban J connectivity index is 2.08. The van der Waals surface area contributed by atoms with Gasteiger partial charge in [-0.1, -0.05) is 24.3 Å². The maximum absolute atomic E-state index is 6.09. The van der Waals surface area contributed by atoms with E-state index in [4.69, 9.17) is 4.74 Å². The van der Waals surface area contributed by atoms with E-state index < -0.39 is 0 Å². The summed E-state index contributed by atoms with van der Waals surface area (Å²) in [6.45, 7) is 0. The molecule has 126 valence electrons. The summed E-state index contributed by atoms with van der Waals surface area (Å²) in [7, 11) is 0. The Hall–Kier alpha value is -0.340. The van der Waals surface area contributed by atoms with Gasteiger partial charge in [-0.25, -0.2) is 0 Å². The highest BCUT2D eigenvalue weighted by molar-refractivity contribution is 9.15. The standard InChI is InChI=1S/C18H8Br5NO/c19-13-14(20)16(22)18(17(23)15(13)21)24-9-5-1-3-7-11(9)25-12-8-4-2-6-10(12)24/h1-8H. The summed E-state index contributed by atoms with van der Waals surface area (Å²) in [5.74, 6) is 1.63. The van der Waals surface area contributed by atoms with Crippen LogP contribution in [-0.4, -0.2) is 0 Å². The van der Waals surface area contributed by atoms with Crippen molar-refractivity contribution in [1.29, 1.82) is 0 Å². The fourth-order valence-corrected chi connectivity index (χ4v) is 6.12. The molecule has 2 nitrogen and oxygen atoms in total. The van der Waals surface area contributed by atoms with Crippen molar-refractivity contribution in [3.8, 4) is 11.5 Å². The molecule has 0 N–H and O–H groups in total. The van der Waals surface area contributed by atoms with Gasteiger partial charge in [0, 0.05) is 13.4 Å². The predicted octanol–water partition coefficient (Wildman–Crippen LogP) is 9.07. The number of halogens is 5. The molecular formula is C18H8Br5NO. The predicted molar refractivity (Wildman–Crippen MR) is 120 cm³/mol. The molecule has 0 saturated heterocycles. The summed E-state index contributed by atoms with van der Waals surface area (Å²) in [5, 5.41) is 0. The molecule has 0 radical (unpaired) electrons. The second kappa shape index (κ2) is 7.00. The third kappa shape index (κ3) is 2.92. The van der Waals surface area contributed by atoms with Crippen LogP contribution in [0.2, 0.25) is 0 Å². The average Bonchev–Trinajstić information content (AvgIpc) is 2.64. The fraction of sp³-hybridized carbons (Fsp3) is 0. The number of para-hydroxylation sites is 4. The van der Waals surface area contributed by atoms with E-state index in [0.29, 0.717) is 0 Å². The minimum atomic E-state index is 0.815. The summed E-state index contributed by atoms with van der Waals surface area (Å²) < 4.78 is 10.7. The first-order valence-corrected chi connectivity index (χ1v) is 11.1. The average molecular weight is 654 g/mol. The summed E-state index contributed by atoms with van der Waals surface area (Å²) in [5.41, 5.74) is 2.93. The van der Waals surface area contributed by atoms with Gasteiger partial charge in [-0.3, -0.25) is 0 Å². The van der Waals surface area contributed by atoms with Crippen LogP contribution in [-0.2, 0) is 0 Å². The van der Waals surface area contributed by atoms with E-state index >= 15 is 0 Å². The second-order valence-corrected chi connectivity index (χ2v) is 9.26. The molecule has 25 heavy (non-hydrogen) atoms. The van der Waals surface area contributed by atoms with Crippen molar-refractivity contribution in [3.05, 3.63) is 70.9 Å². The van der Waals surface area contributed by atoms with E-state index in [-0.39, 0.29) is 0 Å². The minimum Gasteiger partial charge on any atom is -0.453 e. The summed E-state index contributed by atoms with van der Waals surface area (Å²) in [6, 6.07) is 16.0. The highest BCUT2D eigenvalue weighted by Crippen LogP contribution is 2.57. The van der Waals surface area contributed by atoms with Crippen molar-refractivity contribution >= 4 is 96.7 Å². The largest absolute Gasteiger partial charge is 0.453 e. The molecule has 0 aromatic heterocycles. The number of ether oxygens (including phenoxy) is 1. The molecule has 0 unspecified atom stereocenters. The Morgan fingerprint density at radius 1 is 0.560 bits per heavy atom. The van der Waals surface area contributed by atoms with Crippen molar-refractivity contribution < 1.29 is 4.74 Å². The minimum absolute atomic E-state index is 0.815. The van der Waals surface area contributed by atoms with Gasteiger partial charge < -0.3 is 9.64 Å². The van der Waals surface area contributed by atoms with Crippen LogP contribution in [0.25, 0.3) is 0 Å². The molecular weight excluding hydrogens is 646 g/mol. The SMILES string of the molecule is Brc1c(Br)c(Br)c(N2c3ccccc3Oc3ccccc32)c(Br)c1Br. The third-order valence-electron chi connectivity index (χ3n) is 3.84. The van der Waals surface area contributed by atoms with Gasteiger partial charge in [0.25, 0.3) is 0 Å². The van der Waals surface area contributed by atoms with E-state index in [1.165, 1.54) is 0 Å². The molecule has 0 amide bonds. The number of fused-ring (bicyclic) bond motifs is 2. The maximum atomic E-state index is 6.09. The normalized spacial score (nSPS) is 12.4. The van der Waals surface area contributed by atoms with E-state index in [1.807, 2.05) is 48.5 Å². The summed E-state index contributed by atoms with van der Waals surface area (Å²) in [4.78, 5) is 2.18. The highest BCUT2D eigenvalue weighted by Gasteiger charge is 2.30. The van der Waals surface area contributed by atoms with Gasteiger partial charge in [-0.2, -0.15) is 0 Å². The van der Waals surface area contributed by atoms with Crippen LogP contribution in [0, 0.1) is 0 Å². The lowest BCUT2D eigenvalue weighted by atomic mass is 10.1. The second-order valence-electron chi connectivity index (χ2n) is 5.29. The fourth-order valence-electron chi connectivity index (χ4n) is 2.74. The zero-order valence-electron chi connectivity index (χ0n) is 12.4. The zero-order chi connectivity index (χ0) is 17.7. The molecule has 0 fully saturated rings. The maximum Gasteiger partial charge on any atom is 0.151 e. The number of hydrogen-bond acceptors (Lipinski definition) is 2. The van der Waals surface area contributed by atoms with Crippen LogP contribution in [0.5, 0.6) is 11.5 Å². The van der Waals surface area contributed by atoms with Gasteiger partial charge in [0.1, 0.15) is 0 Å². The molecule has 0 bridgehead atoms. The summed E-state index contributed by atoms with van der Waals surface area (Å²) >= 11 is 18.4. The summed E-state index contributed by atoms with van der Waals surface area (Å²) in [6.07, 6.45) is 0. The Labute approximate surface area is 187 Å². The lowest BCUT2D eigenvalue weighted by Crippen LogP contribution is -2.17. The zero-order valence-corrected chi connectivity index (χ0v) is 20.3. The number of nitrogens with zero attached hydrogens (tertiary/aromatic N) is 1. The molecule has 0 spiro atoms. The van der Waals surface area contributed by atoms with E-state index in [0.717, 1.165) is 50.9 Å². The van der Waals surface area contributed by atoms with Crippen molar-refractivity contribution in [2.75, 3.05) is 4.90 Å². The molecule has 0 saturated carbocycles. The van der Waals surface area contributed by atoms with E-state index in [9.17, 15) is 0 Å². The van der Waals surface area contributed by atoms with Gasteiger partial charge in [0.05, 0.1) is 26.0 Å². The Kier molecular flexibility index (Phi) is 5.05. The molecule has 1 aliphatic heterocycles. The van der Waals surface area contributed by atoms with Crippen molar-refractivity contribution in [2.24, 2.45) is 0 Å². The third-order valence-corrected chi connectivity index (χ3v) is 9.89. The number of rotatable bonds is 1. The Morgan fingerprint density at radius 2 is 0.960 bits per heavy atom. The number of hydrogen-bond donors (Lipinski definition) is 0. The van der Waals surface area contributed by atoms with E-state index in [2.05, 4.69) is 84.5 Å². The molecule has 7 heteroatoms. The monoisotopic (exact) mass is 649 g/mol. The molecule has 1 heterocycles. The molecule has 0 aliphatic carbocycles. The van der Waals surface area contributed by atoms with Gasteiger partial charge in [-0.15, -0.1) is 0 Å². The first kappa shape index (κ1) is 18.0. The number of anilines is 3. The molecule has 3 aromatic carbocycles. The van der Waals surface area contributed by atoms with Crippen LogP contribution in [0.4, 0.5) is 17.1 Å². The Morgan fingerprint density at radius 3 is 1.44 bits per heavy atom. The van der Waals surface area contributed by atoms with Crippen LogP contribution < -0.4 is 9.64 Å². The van der Waals surface area contributed by atoms with Crippen LogP contribution >= 0.6 is 79.6 Å². The van der Waals surface area contributed by atoms with Crippen LogP contribution in [0.15, 0.2) is 70.9 Å². The number of benzene rings is 3. The first-order valence-electron chi connectivity index (χ1n) is 7.18. The molecule has 4 rings (SSSR count). The lowest BCUT2D eigenvalue weighted by molar-refractivity contribution is 0.477. The molecule has 3 aromatic rings. The lowest BCUT2D eigenvalue weighted by Gasteiger charge is -2.34. The van der Waals surface area contributed by atoms with E-state index in [1.54, 1.807) is 0 Å². The molecule has 1 aliphatic rings. The van der Waals surface area contributed by atoms with Gasteiger partial charge in [0.15, 0.2) is 11.5 Å². The highest BCUT2D eigenvalue weighted by atomic mass is 79.9.